The molecule has 0 bridgehead atoms. The Kier molecular flexibility index (Phi) is 5.83. The molecule has 1 atom stereocenters. The van der Waals surface area contributed by atoms with Crippen LogP contribution in [0, 0.1) is 0 Å². The molecule has 0 fully saturated rings. The Bertz CT molecular complexity index is 1060. The minimum Gasteiger partial charge on any atom is -0.387 e. The van der Waals surface area contributed by atoms with Crippen LogP contribution in [0.1, 0.15) is 38.1 Å². The Morgan fingerprint density at radius 2 is 2.03 bits per heavy atom. The zero-order valence-corrected chi connectivity index (χ0v) is 17.2. The third-order valence-corrected chi connectivity index (χ3v) is 4.34. The first-order chi connectivity index (χ1) is 14.1. The molecule has 0 spiro atoms. The first-order valence-corrected chi connectivity index (χ1v) is 9.43. The van der Waals surface area contributed by atoms with Crippen LogP contribution < -0.4 is 16.4 Å². The topological polar surface area (TPSA) is 144 Å². The summed E-state index contributed by atoms with van der Waals surface area (Å²) in [5.74, 6) is 0.0645. The largest absolute Gasteiger partial charge is 0.387 e. The van der Waals surface area contributed by atoms with Gasteiger partial charge in [0.2, 0.25) is 5.95 Å². The third kappa shape index (κ3) is 4.62. The summed E-state index contributed by atoms with van der Waals surface area (Å²) in [7, 11) is 0. The van der Waals surface area contributed by atoms with Crippen LogP contribution in [0.15, 0.2) is 24.8 Å². The SMILES string of the molecule is CC(C)Nc1cc(-n2cnc3cnc(N)nc32)ncc1C(=O)NCC(F)C(C)(C)O. The molecular weight excluding hydrogens is 391 g/mol. The summed E-state index contributed by atoms with van der Waals surface area (Å²) in [5.41, 5.74) is 5.91. The number of alkyl halides is 1. The average Bonchev–Trinajstić information content (AvgIpc) is 3.07. The summed E-state index contributed by atoms with van der Waals surface area (Å²) in [6.45, 7) is 6.21. The predicted octanol–water partition coefficient (Wildman–Crippen LogP) is 1.45. The van der Waals surface area contributed by atoms with Crippen LogP contribution >= 0.6 is 0 Å². The van der Waals surface area contributed by atoms with Crippen LogP contribution in [-0.2, 0) is 0 Å². The van der Waals surface area contributed by atoms with Gasteiger partial charge < -0.3 is 21.5 Å². The molecule has 3 aromatic rings. The lowest BCUT2D eigenvalue weighted by Gasteiger charge is -2.23. The molecule has 0 saturated heterocycles. The number of aromatic nitrogens is 5. The van der Waals surface area contributed by atoms with Crippen molar-refractivity contribution in [2.45, 2.75) is 45.5 Å². The number of hydrogen-bond acceptors (Lipinski definition) is 8. The van der Waals surface area contributed by atoms with Crippen molar-refractivity contribution in [1.82, 2.24) is 29.8 Å². The normalized spacial score (nSPS) is 12.9. The van der Waals surface area contributed by atoms with Crippen molar-refractivity contribution >= 4 is 28.7 Å². The fourth-order valence-corrected chi connectivity index (χ4v) is 2.71. The number of anilines is 2. The summed E-state index contributed by atoms with van der Waals surface area (Å²) in [6.07, 6.45) is 2.83. The first-order valence-electron chi connectivity index (χ1n) is 9.43. The molecule has 0 radical (unpaired) electrons. The van der Waals surface area contributed by atoms with E-state index >= 15 is 0 Å². The van der Waals surface area contributed by atoms with Gasteiger partial charge in [0.25, 0.3) is 5.91 Å². The average molecular weight is 416 g/mol. The smallest absolute Gasteiger partial charge is 0.255 e. The van der Waals surface area contributed by atoms with Crippen molar-refractivity contribution in [1.29, 1.82) is 0 Å². The molecule has 0 aliphatic heterocycles. The molecule has 3 heterocycles. The van der Waals surface area contributed by atoms with E-state index in [1.165, 1.54) is 32.6 Å². The van der Waals surface area contributed by atoms with Gasteiger partial charge >= 0.3 is 0 Å². The molecule has 3 rings (SSSR count). The molecular formula is C19H25FN8O2. The summed E-state index contributed by atoms with van der Waals surface area (Å²) >= 11 is 0. The second-order valence-electron chi connectivity index (χ2n) is 7.77. The zero-order valence-electron chi connectivity index (χ0n) is 17.2. The van der Waals surface area contributed by atoms with Gasteiger partial charge in [-0.3, -0.25) is 9.36 Å². The quantitative estimate of drug-likeness (QED) is 0.453. The highest BCUT2D eigenvalue weighted by Crippen LogP contribution is 2.22. The highest BCUT2D eigenvalue weighted by molar-refractivity contribution is 5.99. The monoisotopic (exact) mass is 416 g/mol. The molecule has 3 aromatic heterocycles. The molecule has 11 heteroatoms. The van der Waals surface area contributed by atoms with Crippen LogP contribution in [-0.4, -0.2) is 59.9 Å². The molecule has 0 aliphatic carbocycles. The van der Waals surface area contributed by atoms with E-state index in [1.54, 1.807) is 10.6 Å². The van der Waals surface area contributed by atoms with Gasteiger partial charge in [0, 0.05) is 18.3 Å². The van der Waals surface area contributed by atoms with Gasteiger partial charge in [0.05, 0.1) is 29.6 Å². The van der Waals surface area contributed by atoms with Crippen molar-refractivity contribution in [2.75, 3.05) is 17.6 Å². The zero-order chi connectivity index (χ0) is 22.1. The molecule has 5 N–H and O–H groups in total. The summed E-state index contributed by atoms with van der Waals surface area (Å²) in [4.78, 5) is 29.3. The van der Waals surface area contributed by atoms with Crippen LogP contribution in [0.5, 0.6) is 0 Å². The van der Waals surface area contributed by atoms with Crippen molar-refractivity contribution in [2.24, 2.45) is 0 Å². The molecule has 0 saturated carbocycles. The van der Waals surface area contributed by atoms with Gasteiger partial charge in [-0.1, -0.05) is 0 Å². The van der Waals surface area contributed by atoms with Gasteiger partial charge in [-0.15, -0.1) is 0 Å². The second-order valence-corrected chi connectivity index (χ2v) is 7.77. The first kappa shape index (κ1) is 21.4. The number of carbonyl (C=O) groups excluding carboxylic acids is 1. The van der Waals surface area contributed by atoms with Gasteiger partial charge in [0.1, 0.15) is 23.8 Å². The molecule has 1 unspecified atom stereocenters. The number of amides is 1. The predicted molar refractivity (Wildman–Crippen MR) is 111 cm³/mol. The van der Waals surface area contributed by atoms with E-state index in [9.17, 15) is 14.3 Å². The second kappa shape index (κ2) is 8.19. The molecule has 0 aliphatic rings. The Morgan fingerprint density at radius 3 is 2.70 bits per heavy atom. The van der Waals surface area contributed by atoms with Crippen molar-refractivity contribution < 1.29 is 14.3 Å². The number of carbonyl (C=O) groups is 1. The molecule has 30 heavy (non-hydrogen) atoms. The standard InChI is InChI=1S/C19H25FN8O2/c1-10(2)26-12-5-15(28-9-25-13-7-24-18(21)27-16(13)28)22-6-11(12)17(29)23-8-14(20)19(3,4)30/h5-7,9-10,14,30H,8H2,1-4H3,(H,22,26)(H,23,29)(H2,21,24,27). The van der Waals surface area contributed by atoms with Crippen LogP contribution in [0.25, 0.3) is 17.0 Å². The molecule has 10 nitrogen and oxygen atoms in total. The van der Waals surface area contributed by atoms with Crippen molar-refractivity contribution in [3.05, 3.63) is 30.4 Å². The molecule has 160 valence electrons. The number of hydrogen-bond donors (Lipinski definition) is 4. The summed E-state index contributed by atoms with van der Waals surface area (Å²) in [5, 5.41) is 15.4. The Hall–Kier alpha value is -3.34. The summed E-state index contributed by atoms with van der Waals surface area (Å²) < 4.78 is 15.6. The highest BCUT2D eigenvalue weighted by Gasteiger charge is 2.27. The van der Waals surface area contributed by atoms with E-state index in [2.05, 4.69) is 30.6 Å². The minimum atomic E-state index is -1.61. The van der Waals surface area contributed by atoms with Crippen LogP contribution in [0.4, 0.5) is 16.0 Å². The van der Waals surface area contributed by atoms with E-state index in [-0.39, 0.29) is 24.1 Å². The maximum Gasteiger partial charge on any atom is 0.255 e. The van der Waals surface area contributed by atoms with Gasteiger partial charge in [-0.2, -0.15) is 4.98 Å². The fraction of sp³-hybridized carbons (Fsp3) is 0.421. The maximum atomic E-state index is 14.0. The number of nitrogens with two attached hydrogens (primary N) is 1. The Balaban J connectivity index is 1.93. The summed E-state index contributed by atoms with van der Waals surface area (Å²) in [6, 6.07) is 1.70. The van der Waals surface area contributed by atoms with Crippen LogP contribution in [0.3, 0.4) is 0 Å². The number of nitrogens with zero attached hydrogens (tertiary/aromatic N) is 5. The van der Waals surface area contributed by atoms with E-state index in [0.29, 0.717) is 22.7 Å². The van der Waals surface area contributed by atoms with E-state index in [4.69, 9.17) is 5.73 Å². The number of halogens is 1. The van der Waals surface area contributed by atoms with E-state index < -0.39 is 17.7 Å². The number of nitrogen functional groups attached to an aromatic ring is 1. The van der Waals surface area contributed by atoms with Gasteiger partial charge in [-0.05, 0) is 27.7 Å². The van der Waals surface area contributed by atoms with E-state index in [0.717, 1.165) is 0 Å². The lowest BCUT2D eigenvalue weighted by atomic mass is 10.0. The van der Waals surface area contributed by atoms with Crippen LogP contribution in [0.2, 0.25) is 0 Å². The van der Waals surface area contributed by atoms with Crippen molar-refractivity contribution in [3.63, 3.8) is 0 Å². The number of fused-ring (bicyclic) bond motifs is 1. The van der Waals surface area contributed by atoms with Gasteiger partial charge in [0.15, 0.2) is 5.65 Å². The molecule has 1 amide bonds. The lowest BCUT2D eigenvalue weighted by Crippen LogP contribution is -2.42. The Morgan fingerprint density at radius 1 is 1.30 bits per heavy atom. The number of nitrogens with one attached hydrogen (secondary N) is 2. The van der Waals surface area contributed by atoms with Crippen molar-refractivity contribution in [3.8, 4) is 5.82 Å². The number of pyridine rings is 1. The van der Waals surface area contributed by atoms with Gasteiger partial charge in [-0.25, -0.2) is 19.3 Å². The maximum absolute atomic E-state index is 14.0. The molecule has 0 aromatic carbocycles. The highest BCUT2D eigenvalue weighted by atomic mass is 19.1. The third-order valence-electron chi connectivity index (χ3n) is 4.34. The fourth-order valence-electron chi connectivity index (χ4n) is 2.71. The number of imidazole rings is 1. The number of rotatable bonds is 7. The minimum absolute atomic E-state index is 0.0228. The Labute approximate surface area is 172 Å². The lowest BCUT2D eigenvalue weighted by molar-refractivity contribution is -0.00177. The number of aliphatic hydroxyl groups is 1. The van der Waals surface area contributed by atoms with E-state index in [1.807, 2.05) is 13.8 Å².